The molecular formula is C93H82Cl2F18N10O14. The van der Waals surface area contributed by atoms with Gasteiger partial charge >= 0.3 is 42.6 Å². The Hall–Kier alpha value is -13.7. The van der Waals surface area contributed by atoms with Crippen LogP contribution in [0.25, 0.3) is 28.0 Å². The zero-order chi connectivity index (χ0) is 100. The van der Waals surface area contributed by atoms with Crippen molar-refractivity contribution < 1.29 is 146 Å². The van der Waals surface area contributed by atoms with E-state index in [-0.39, 0.29) is 69.6 Å². The summed E-state index contributed by atoms with van der Waals surface area (Å²) in [5.41, 5.74) is -1.31. The van der Waals surface area contributed by atoms with Crippen molar-refractivity contribution in [2.24, 2.45) is 0 Å². The number of hydrogen-bond acceptors (Lipinski definition) is 20. The molecule has 44 heteroatoms. The second kappa shape index (κ2) is 43.5. The molecule has 0 aliphatic carbocycles. The van der Waals surface area contributed by atoms with Gasteiger partial charge in [-0.2, -0.15) is 57.9 Å². The lowest BCUT2D eigenvalue weighted by atomic mass is 9.90. The molecule has 5 heterocycles. The van der Waals surface area contributed by atoms with Gasteiger partial charge in [0, 0.05) is 85.1 Å². The zero-order valence-electron chi connectivity index (χ0n) is 72.9. The third kappa shape index (κ3) is 24.4. The van der Waals surface area contributed by atoms with E-state index in [1.807, 2.05) is 16.7 Å². The maximum Gasteiger partial charge on any atom is 0.418 e. The monoisotopic (exact) mass is 1970 g/mol. The number of anilines is 3. The minimum atomic E-state index is -4.82. The SMILES string of the molecule is COC(=O)[C@H](Cc1ccc(-c2c(Cl)cc(C#N)cc2Cl)c2c1CCCO2)NC(=O)c1c(F)cc(N[C@H](c2ccccc2)C(F)(F)F)cc1F.COC(=O)[C@H](Cc1ccc(-c2ncccc2C(F)(F)F)c2c1CCCO2)NC(=O)c1c(F)cc(N[C@H](C)C(F)(F)F)cc1F.COC(=O)[C@H](Cc1ccc(C2=CN(C)C(O)N(C)C2=O)c2c1CCCO2)NC(=O)c1c(F)cc(N[C@H](C)C(F)(F)F)cc1F. The number of nitrogens with zero attached hydrogens (tertiary/aromatic N) is 4. The number of aliphatic hydroxyl groups is 1. The summed E-state index contributed by atoms with van der Waals surface area (Å²) in [6, 6.07) is 15.3. The van der Waals surface area contributed by atoms with Crippen LogP contribution in [0.4, 0.5) is 96.1 Å². The number of aliphatic hydroxyl groups excluding tert-OH is 1. The van der Waals surface area contributed by atoms with Gasteiger partial charge in [0.05, 0.1) is 79.7 Å². The summed E-state index contributed by atoms with van der Waals surface area (Å²) in [7, 11) is 6.18. The van der Waals surface area contributed by atoms with Crippen LogP contribution in [0, 0.1) is 46.2 Å². The number of carbonyl (C=O) groups excluding carboxylic acids is 7. The number of esters is 3. The summed E-state index contributed by atoms with van der Waals surface area (Å²) in [5, 5.41) is 32.5. The van der Waals surface area contributed by atoms with Crippen molar-refractivity contribution in [2.75, 3.05) is 71.2 Å². The van der Waals surface area contributed by atoms with Gasteiger partial charge in [-0.25, -0.2) is 40.7 Å². The van der Waals surface area contributed by atoms with Crippen molar-refractivity contribution in [3.8, 4) is 45.7 Å². The molecule has 137 heavy (non-hydrogen) atoms. The number of halogens is 20. The first-order valence-corrected chi connectivity index (χ1v) is 42.1. The molecule has 0 radical (unpaired) electrons. The van der Waals surface area contributed by atoms with Crippen LogP contribution in [-0.4, -0.2) is 172 Å². The summed E-state index contributed by atoms with van der Waals surface area (Å²) < 4.78 is 281. The smallest absolute Gasteiger partial charge is 0.418 e. The Balaban J connectivity index is 0.000000198. The van der Waals surface area contributed by atoms with Gasteiger partial charge in [0.2, 0.25) is 6.35 Å². The van der Waals surface area contributed by atoms with E-state index in [4.69, 9.17) is 51.6 Å². The fourth-order valence-electron chi connectivity index (χ4n) is 15.4. The number of hydrogen-bond donors (Lipinski definition) is 7. The Labute approximate surface area is 778 Å². The molecule has 4 aliphatic heterocycles. The highest BCUT2D eigenvalue weighted by atomic mass is 35.5. The third-order valence-corrected chi connectivity index (χ3v) is 22.8. The number of pyridine rings is 1. The van der Waals surface area contributed by atoms with Gasteiger partial charge in [0.15, 0.2) is 0 Å². The van der Waals surface area contributed by atoms with E-state index >= 15 is 8.78 Å². The van der Waals surface area contributed by atoms with Crippen LogP contribution in [0.3, 0.4) is 0 Å². The molecule has 9 aromatic rings. The molecule has 0 saturated carbocycles. The van der Waals surface area contributed by atoms with Gasteiger partial charge in [-0.1, -0.05) is 83.9 Å². The van der Waals surface area contributed by atoms with Crippen molar-refractivity contribution in [3.63, 3.8) is 0 Å². The lowest BCUT2D eigenvalue weighted by molar-refractivity contribution is -0.145. The van der Waals surface area contributed by atoms with E-state index in [1.165, 1.54) is 78.9 Å². The molecule has 0 spiro atoms. The summed E-state index contributed by atoms with van der Waals surface area (Å²) in [5.74, 6) is -15.2. The predicted octanol–water partition coefficient (Wildman–Crippen LogP) is 17.8. The van der Waals surface area contributed by atoms with Crippen LogP contribution >= 0.6 is 23.2 Å². The maximum absolute atomic E-state index is 15.2. The van der Waals surface area contributed by atoms with E-state index in [0.29, 0.717) is 150 Å². The Morgan fingerprint density at radius 3 is 1.24 bits per heavy atom. The quantitative estimate of drug-likeness (QED) is 0.0159. The van der Waals surface area contributed by atoms with E-state index < -0.39 is 183 Å². The first-order valence-electron chi connectivity index (χ1n) is 41.4. The molecule has 13 rings (SSSR count). The first kappa shape index (κ1) is 104. The van der Waals surface area contributed by atoms with Gasteiger partial charge in [-0.15, -0.1) is 0 Å². The first-order chi connectivity index (χ1) is 64.6. The lowest BCUT2D eigenvalue weighted by Gasteiger charge is -2.36. The molecule has 4 amide bonds. The molecule has 8 aromatic carbocycles. The van der Waals surface area contributed by atoms with Gasteiger partial charge in [-0.3, -0.25) is 29.1 Å². The van der Waals surface area contributed by atoms with Gasteiger partial charge < -0.3 is 70.3 Å². The molecular weight excluding hydrogens is 1890 g/mol. The van der Waals surface area contributed by atoms with Crippen LogP contribution in [0.1, 0.15) is 126 Å². The van der Waals surface area contributed by atoms with E-state index in [2.05, 4.69) is 26.3 Å². The zero-order valence-corrected chi connectivity index (χ0v) is 74.4. The summed E-state index contributed by atoms with van der Waals surface area (Å²) >= 11 is 13.0. The number of fused-ring (bicyclic) bond motifs is 3. The lowest BCUT2D eigenvalue weighted by Crippen LogP contribution is -2.49. The summed E-state index contributed by atoms with van der Waals surface area (Å²) in [6.45, 7) is 2.41. The van der Waals surface area contributed by atoms with Crippen LogP contribution < -0.4 is 46.1 Å². The second-order valence-electron chi connectivity index (χ2n) is 31.4. The number of alkyl halides is 12. The fourth-order valence-corrected chi connectivity index (χ4v) is 16.1. The van der Waals surface area contributed by atoms with Crippen molar-refractivity contribution in [3.05, 3.63) is 257 Å². The van der Waals surface area contributed by atoms with Crippen molar-refractivity contribution in [1.29, 1.82) is 5.26 Å². The highest BCUT2D eigenvalue weighted by Crippen LogP contribution is 2.48. The van der Waals surface area contributed by atoms with Gasteiger partial charge in [0.1, 0.15) is 105 Å². The van der Waals surface area contributed by atoms with Gasteiger partial charge in [0.25, 0.3) is 23.6 Å². The Kier molecular flexibility index (Phi) is 33.0. The number of likely N-dealkylation sites (N-methyl/N-ethyl adjacent to an activating group) is 1. The largest absolute Gasteiger partial charge is 0.493 e. The Morgan fingerprint density at radius 2 is 0.876 bits per heavy atom. The fraction of sp³-hybridized carbons (Fsp3) is 0.323. The van der Waals surface area contributed by atoms with E-state index in [9.17, 15) is 114 Å². The molecule has 0 bridgehead atoms. The number of amides is 4. The Morgan fingerprint density at radius 1 is 0.511 bits per heavy atom. The number of carbonyl (C=O) groups is 7. The number of aromatic nitrogens is 1. The number of ether oxygens (including phenoxy) is 6. The molecule has 0 fully saturated rings. The number of benzene rings is 8. The Bertz CT molecular complexity index is 6070. The van der Waals surface area contributed by atoms with Crippen LogP contribution in [0.5, 0.6) is 17.2 Å². The molecule has 0 saturated heterocycles. The minimum Gasteiger partial charge on any atom is -0.493 e. The molecule has 1 aromatic heterocycles. The van der Waals surface area contributed by atoms with Crippen molar-refractivity contribution in [2.45, 2.75) is 139 Å². The standard InChI is InChI=1S/C35H26Cl2F5N3O4.C29H25F8N3O4.C29H31F5N4O6/c1-48-34(47)28(14-20-9-10-23(31-22(20)8-5-11-49-31)29-24(36)12-18(17-43)13-25(29)37)45-33(46)30-26(38)15-21(16-27(30)39)44-32(35(40,41)42)19-6-3-2-4-7-19;1-14(28(32,33)34)39-16-12-20(30)23(21(31)13-16)26(41)40-22(27(42)43-2)11-15-7-8-18(25-17(15)5-4-10-44-25)24-19(29(35,36)37)6-3-9-38-24;1-14(29(32,33)34)35-16-11-20(30)23(21(31)12-16)25(39)36-22(27(41)43-4)10-15-7-8-18(24-17(15)6-5-9-44-24)19-13-37(2)28(42)38(3)26(19)40/h2-4,6-7,9-10,12-13,15-16,28,32,44H,5,8,11,14H2,1H3,(H,45,46);3,6-9,12-14,22,39H,4-5,10-11H2,1-2H3,(H,40,41);7-8,11-14,22,28,35,42H,5-6,9-10H2,1-4H3,(H,36,39)/t28-,32+;14-,22+;14-,22+,28?/m011/s1. The molecule has 7 N–H and O–H groups in total. The van der Waals surface area contributed by atoms with Crippen molar-refractivity contribution >= 4 is 87.4 Å². The molecule has 1 unspecified atom stereocenters. The van der Waals surface area contributed by atoms with Crippen molar-refractivity contribution in [1.82, 2.24) is 30.7 Å². The number of rotatable bonds is 25. The normalized spacial score (nSPS) is 15.4. The number of nitriles is 1. The van der Waals surface area contributed by atoms with E-state index in [0.717, 1.165) is 52.2 Å². The molecule has 7 atom stereocenters. The maximum atomic E-state index is 15.2. The minimum absolute atomic E-state index is 0.0627. The van der Waals surface area contributed by atoms with Crippen LogP contribution in [0.15, 0.2) is 140 Å². The number of nitrogens with one attached hydrogen (secondary N) is 6. The predicted molar refractivity (Wildman–Crippen MR) is 461 cm³/mol. The van der Waals surface area contributed by atoms with Crippen LogP contribution in [0.2, 0.25) is 10.0 Å². The average molecular weight is 1980 g/mol. The second-order valence-corrected chi connectivity index (χ2v) is 32.3. The van der Waals surface area contributed by atoms with E-state index in [1.54, 1.807) is 31.3 Å². The highest BCUT2D eigenvalue weighted by Gasteiger charge is 2.44. The van der Waals surface area contributed by atoms with Crippen LogP contribution in [-0.2, 0) is 78.1 Å². The number of methoxy groups -OCH3 is 3. The summed E-state index contributed by atoms with van der Waals surface area (Å²) in [6.07, 6.45) is -15.0. The third-order valence-electron chi connectivity index (χ3n) is 22.2. The molecule has 4 aliphatic rings. The topological polar surface area (TPSA) is 310 Å². The highest BCUT2D eigenvalue weighted by molar-refractivity contribution is 6.39. The average Bonchev–Trinajstić information content (AvgIpc) is 0.823. The molecule has 728 valence electrons. The van der Waals surface area contributed by atoms with Gasteiger partial charge in [-0.05, 0) is 158 Å². The summed E-state index contributed by atoms with van der Waals surface area (Å²) in [4.78, 5) is 96.7. The molecule has 24 nitrogen and oxygen atoms in total.